The van der Waals surface area contributed by atoms with Crippen LogP contribution in [0, 0.1) is 0 Å². The zero-order valence-corrected chi connectivity index (χ0v) is 19.2. The molecule has 0 aliphatic heterocycles. The molecule has 0 aliphatic rings. The number of amides is 1. The minimum atomic E-state index is -0.462. The highest BCUT2D eigenvalue weighted by Gasteiger charge is 2.12. The number of H-pyrrole nitrogens is 1. The second-order valence-corrected chi connectivity index (χ2v) is 7.82. The Hall–Kier alpha value is -4.16. The normalized spacial score (nSPS) is 11.4. The molecule has 0 unspecified atom stereocenters. The Balaban J connectivity index is 1.43. The number of carbonyl (C=O) groups is 2. The maximum atomic E-state index is 12.4. The van der Waals surface area contributed by atoms with Gasteiger partial charge in [0.25, 0.3) is 0 Å². The first-order valence-corrected chi connectivity index (χ1v) is 11.1. The summed E-state index contributed by atoms with van der Waals surface area (Å²) in [5.74, 6) is -0.777. The van der Waals surface area contributed by atoms with Gasteiger partial charge in [-0.2, -0.15) is 0 Å². The van der Waals surface area contributed by atoms with Crippen LogP contribution in [0.1, 0.15) is 34.2 Å². The van der Waals surface area contributed by atoms with Crippen molar-refractivity contribution in [2.24, 2.45) is 0 Å². The van der Waals surface area contributed by atoms with Crippen molar-refractivity contribution in [2.75, 3.05) is 11.9 Å². The number of nitrogens with one attached hydrogen (secondary N) is 2. The summed E-state index contributed by atoms with van der Waals surface area (Å²) in [6.45, 7) is 2.01. The summed E-state index contributed by atoms with van der Waals surface area (Å²) in [6.07, 6.45) is 8.40. The molecule has 7 heteroatoms. The molecule has 2 heterocycles. The quantitative estimate of drug-likeness (QED) is 0.248. The molecular formula is C27H22ClN3O3. The smallest absolute Gasteiger partial charge is 0.355 e. The summed E-state index contributed by atoms with van der Waals surface area (Å²) in [6, 6.07) is 18.7. The fraction of sp³-hybridized carbons (Fsp3) is 0.0741. The summed E-state index contributed by atoms with van der Waals surface area (Å²) >= 11 is 6.07. The molecule has 0 aliphatic carbocycles. The van der Waals surface area contributed by atoms with Gasteiger partial charge in [-0.3, -0.25) is 4.79 Å². The number of esters is 1. The predicted molar refractivity (Wildman–Crippen MR) is 137 cm³/mol. The van der Waals surface area contributed by atoms with E-state index in [1.54, 1.807) is 31.3 Å². The minimum absolute atomic E-state index is 0.275. The van der Waals surface area contributed by atoms with Gasteiger partial charge in [-0.25, -0.2) is 9.78 Å². The molecule has 2 aromatic heterocycles. The van der Waals surface area contributed by atoms with Crippen LogP contribution >= 0.6 is 11.6 Å². The van der Waals surface area contributed by atoms with Crippen molar-refractivity contribution in [1.82, 2.24) is 9.97 Å². The van der Waals surface area contributed by atoms with Crippen molar-refractivity contribution >= 4 is 58.3 Å². The number of carbonyl (C=O) groups excluding carboxylic acids is 2. The number of hydrogen-bond acceptors (Lipinski definition) is 4. The molecule has 4 aromatic rings. The van der Waals surface area contributed by atoms with E-state index in [-0.39, 0.29) is 12.5 Å². The van der Waals surface area contributed by atoms with Crippen LogP contribution in [0.5, 0.6) is 0 Å². The maximum absolute atomic E-state index is 12.4. The Bertz CT molecular complexity index is 1410. The lowest BCUT2D eigenvalue weighted by Gasteiger charge is -2.04. The first kappa shape index (κ1) is 23.0. The topological polar surface area (TPSA) is 84.1 Å². The molecule has 0 saturated heterocycles. The summed E-state index contributed by atoms with van der Waals surface area (Å²) in [5.41, 5.74) is 4.07. The van der Waals surface area contributed by atoms with Crippen molar-refractivity contribution in [3.63, 3.8) is 0 Å². The van der Waals surface area contributed by atoms with Crippen molar-refractivity contribution < 1.29 is 14.3 Å². The molecule has 170 valence electrons. The highest BCUT2D eigenvalue weighted by atomic mass is 35.5. The average molecular weight is 472 g/mol. The fourth-order valence-corrected chi connectivity index (χ4v) is 3.52. The molecule has 34 heavy (non-hydrogen) atoms. The first-order chi connectivity index (χ1) is 16.5. The van der Waals surface area contributed by atoms with E-state index < -0.39 is 5.97 Å². The molecule has 0 spiro atoms. The summed E-state index contributed by atoms with van der Waals surface area (Å²) in [4.78, 5) is 31.8. The van der Waals surface area contributed by atoms with Crippen molar-refractivity contribution in [2.45, 2.75) is 6.92 Å². The van der Waals surface area contributed by atoms with E-state index >= 15 is 0 Å². The van der Waals surface area contributed by atoms with Gasteiger partial charge in [0.1, 0.15) is 5.69 Å². The van der Waals surface area contributed by atoms with Crippen LogP contribution in [0.25, 0.3) is 29.1 Å². The van der Waals surface area contributed by atoms with Crippen molar-refractivity contribution in [3.8, 4) is 0 Å². The second kappa shape index (κ2) is 10.6. The van der Waals surface area contributed by atoms with Gasteiger partial charge in [0, 0.05) is 33.9 Å². The number of aromatic nitrogens is 2. The van der Waals surface area contributed by atoms with Crippen LogP contribution in [0.15, 0.2) is 72.9 Å². The van der Waals surface area contributed by atoms with Crippen LogP contribution in [0.4, 0.5) is 5.69 Å². The van der Waals surface area contributed by atoms with E-state index in [9.17, 15) is 9.59 Å². The molecule has 0 atom stereocenters. The summed E-state index contributed by atoms with van der Waals surface area (Å²) in [5, 5.41) is 4.50. The van der Waals surface area contributed by atoms with Crippen LogP contribution in [-0.4, -0.2) is 28.5 Å². The Morgan fingerprint density at radius 1 is 1.06 bits per heavy atom. The number of pyridine rings is 1. The zero-order chi connectivity index (χ0) is 23.9. The molecule has 0 radical (unpaired) electrons. The fourth-order valence-electron chi connectivity index (χ4n) is 3.35. The molecule has 0 saturated carbocycles. The molecule has 0 bridgehead atoms. The SMILES string of the molecule is CCOC(=O)c1[nH]ccc1/C=C/C(=O)Nc1cccc(/C=C/c2ccc3ccc(Cl)cc3n2)c1. The van der Waals surface area contributed by atoms with Gasteiger partial charge in [-0.1, -0.05) is 41.9 Å². The van der Waals surface area contributed by atoms with Gasteiger partial charge in [0.15, 0.2) is 0 Å². The standard InChI is InChI=1S/C27H22ClN3O3/c1-2-34-27(33)26-20(14-15-29-26)9-13-25(32)31-23-5-3-4-18(16-23)6-11-22-12-8-19-7-10-21(28)17-24(19)30-22/h3-17,29H,2H2,1H3,(H,31,32)/b11-6+,13-9+. The maximum Gasteiger partial charge on any atom is 0.355 e. The first-order valence-electron chi connectivity index (χ1n) is 10.7. The minimum Gasteiger partial charge on any atom is -0.461 e. The van der Waals surface area contributed by atoms with Crippen molar-refractivity contribution in [3.05, 3.63) is 100 Å². The third kappa shape index (κ3) is 5.79. The number of fused-ring (bicyclic) bond motifs is 1. The monoisotopic (exact) mass is 471 g/mol. The second-order valence-electron chi connectivity index (χ2n) is 7.38. The summed E-state index contributed by atoms with van der Waals surface area (Å²) in [7, 11) is 0. The number of anilines is 1. The Morgan fingerprint density at radius 3 is 2.76 bits per heavy atom. The van der Waals surface area contributed by atoms with E-state index in [1.807, 2.05) is 60.7 Å². The molecule has 2 aromatic carbocycles. The van der Waals surface area contributed by atoms with Gasteiger partial charge >= 0.3 is 5.97 Å². The van der Waals surface area contributed by atoms with Gasteiger partial charge in [-0.05, 0) is 61.0 Å². The number of nitrogens with zero attached hydrogens (tertiary/aromatic N) is 1. The number of halogens is 1. The Morgan fingerprint density at radius 2 is 1.91 bits per heavy atom. The molecular weight excluding hydrogens is 450 g/mol. The zero-order valence-electron chi connectivity index (χ0n) is 18.4. The van der Waals surface area contributed by atoms with E-state index in [0.29, 0.717) is 22.0 Å². The van der Waals surface area contributed by atoms with Crippen LogP contribution in [0.2, 0.25) is 5.02 Å². The lowest BCUT2D eigenvalue weighted by molar-refractivity contribution is -0.111. The van der Waals surface area contributed by atoms with Gasteiger partial charge in [0.2, 0.25) is 5.91 Å². The molecule has 0 fully saturated rings. The van der Waals surface area contributed by atoms with Crippen molar-refractivity contribution in [1.29, 1.82) is 0 Å². The molecule has 2 N–H and O–H groups in total. The van der Waals surface area contributed by atoms with Gasteiger partial charge in [0.05, 0.1) is 17.8 Å². The van der Waals surface area contributed by atoms with Gasteiger partial charge < -0.3 is 15.0 Å². The molecule has 1 amide bonds. The average Bonchev–Trinajstić information content (AvgIpc) is 3.30. The molecule has 6 nitrogen and oxygen atoms in total. The third-order valence-electron chi connectivity index (χ3n) is 4.95. The highest BCUT2D eigenvalue weighted by Crippen LogP contribution is 2.19. The van der Waals surface area contributed by atoms with E-state index in [1.165, 1.54) is 6.08 Å². The Kier molecular flexibility index (Phi) is 7.20. The lowest BCUT2D eigenvalue weighted by Crippen LogP contribution is -2.08. The van der Waals surface area contributed by atoms with E-state index in [4.69, 9.17) is 16.3 Å². The Labute approximate surface area is 201 Å². The lowest BCUT2D eigenvalue weighted by atomic mass is 10.1. The summed E-state index contributed by atoms with van der Waals surface area (Å²) < 4.78 is 5.00. The van der Waals surface area contributed by atoms with Gasteiger partial charge in [-0.15, -0.1) is 0 Å². The highest BCUT2D eigenvalue weighted by molar-refractivity contribution is 6.31. The van der Waals surface area contributed by atoms with E-state index in [0.717, 1.165) is 22.2 Å². The number of rotatable bonds is 7. The predicted octanol–water partition coefficient (Wildman–Crippen LogP) is 6.22. The number of hydrogen-bond donors (Lipinski definition) is 2. The number of ether oxygens (including phenoxy) is 1. The number of benzene rings is 2. The molecule has 4 rings (SSSR count). The largest absolute Gasteiger partial charge is 0.461 e. The van der Waals surface area contributed by atoms with Crippen LogP contribution in [-0.2, 0) is 9.53 Å². The number of aromatic amines is 1. The van der Waals surface area contributed by atoms with E-state index in [2.05, 4.69) is 15.3 Å². The van der Waals surface area contributed by atoms with Crippen LogP contribution in [0.3, 0.4) is 0 Å². The van der Waals surface area contributed by atoms with Crippen LogP contribution < -0.4 is 5.32 Å². The third-order valence-corrected chi connectivity index (χ3v) is 5.18.